The molecule has 1 aliphatic heterocycles. The molecule has 0 saturated heterocycles. The smallest absolute Gasteiger partial charge is 0.253 e. The number of hydrogen-bond acceptors (Lipinski definition) is 8. The maximum Gasteiger partial charge on any atom is 0.253 e. The van der Waals surface area contributed by atoms with E-state index in [9.17, 15) is 4.79 Å². The highest BCUT2D eigenvalue weighted by molar-refractivity contribution is 7.99. The number of fused-ring (bicyclic) bond motifs is 1. The lowest BCUT2D eigenvalue weighted by Crippen LogP contribution is -2.28. The second kappa shape index (κ2) is 7.93. The fourth-order valence-corrected chi connectivity index (χ4v) is 5.64. The third kappa shape index (κ3) is 3.66. The van der Waals surface area contributed by atoms with E-state index in [-0.39, 0.29) is 17.7 Å². The molecule has 0 radical (unpaired) electrons. The third-order valence-corrected chi connectivity index (χ3v) is 7.48. The van der Waals surface area contributed by atoms with E-state index < -0.39 is 0 Å². The summed E-state index contributed by atoms with van der Waals surface area (Å²) in [5, 5.41) is 15.4. The van der Waals surface area contributed by atoms with Crippen molar-refractivity contribution in [2.45, 2.75) is 31.5 Å². The van der Waals surface area contributed by atoms with Crippen molar-refractivity contribution in [3.63, 3.8) is 0 Å². The number of aryl methyl sites for hydroxylation is 2. The van der Waals surface area contributed by atoms with Gasteiger partial charge in [0, 0.05) is 22.7 Å². The molecule has 0 aliphatic carbocycles. The van der Waals surface area contributed by atoms with Crippen LogP contribution < -0.4 is 0 Å². The van der Waals surface area contributed by atoms with E-state index in [1.54, 1.807) is 32.2 Å². The normalized spacial score (nSPS) is 16.4. The molecule has 0 bridgehead atoms. The zero-order valence-electron chi connectivity index (χ0n) is 16.3. The number of aromatic nitrogens is 4. The van der Waals surface area contributed by atoms with Gasteiger partial charge >= 0.3 is 0 Å². The van der Waals surface area contributed by atoms with E-state index >= 15 is 0 Å². The van der Waals surface area contributed by atoms with Crippen molar-refractivity contribution < 1.29 is 4.79 Å². The Labute approximate surface area is 185 Å². The van der Waals surface area contributed by atoms with Crippen LogP contribution in [0.25, 0.3) is 5.78 Å². The average Bonchev–Trinajstić information content (AvgIpc) is 3.51. The van der Waals surface area contributed by atoms with Crippen LogP contribution in [0.1, 0.15) is 33.6 Å². The lowest BCUT2D eigenvalue weighted by atomic mass is 10.1. The number of amides is 1. The van der Waals surface area contributed by atoms with Crippen molar-refractivity contribution in [3.8, 4) is 0 Å². The van der Waals surface area contributed by atoms with E-state index in [1.165, 1.54) is 11.8 Å². The van der Waals surface area contributed by atoms with Gasteiger partial charge in [-0.3, -0.25) is 4.79 Å². The predicted octanol–water partition coefficient (Wildman–Crippen LogP) is 4.33. The highest BCUT2D eigenvalue weighted by atomic mass is 32.2. The summed E-state index contributed by atoms with van der Waals surface area (Å²) < 4.78 is 1.71. The van der Waals surface area contributed by atoms with E-state index in [1.807, 2.05) is 42.8 Å². The summed E-state index contributed by atoms with van der Waals surface area (Å²) in [6, 6.07) is 10.0. The molecule has 1 unspecified atom stereocenters. The largest absolute Gasteiger partial charge is 0.272 e. The lowest BCUT2D eigenvalue weighted by molar-refractivity contribution is -0.130. The number of rotatable bonds is 5. The molecule has 0 aromatic carbocycles. The average molecular weight is 455 g/mol. The summed E-state index contributed by atoms with van der Waals surface area (Å²) >= 11 is 4.62. The van der Waals surface area contributed by atoms with Crippen molar-refractivity contribution in [2.24, 2.45) is 5.10 Å². The topological polar surface area (TPSA) is 75.8 Å². The van der Waals surface area contributed by atoms with Gasteiger partial charge in [0.15, 0.2) is 0 Å². The summed E-state index contributed by atoms with van der Waals surface area (Å²) in [7, 11) is 0. The molecule has 5 heterocycles. The fraction of sp³-hybridized carbons (Fsp3) is 0.250. The number of carbonyl (C=O) groups excluding carboxylic acids is 1. The van der Waals surface area contributed by atoms with Gasteiger partial charge in [-0.15, -0.1) is 27.8 Å². The number of hydrogen-bond donors (Lipinski definition) is 0. The van der Waals surface area contributed by atoms with Crippen LogP contribution in [0.5, 0.6) is 0 Å². The predicted molar refractivity (Wildman–Crippen MR) is 120 cm³/mol. The molecule has 5 rings (SSSR count). The molecule has 30 heavy (non-hydrogen) atoms. The molecule has 152 valence electrons. The Hall–Kier alpha value is -2.56. The highest BCUT2D eigenvalue weighted by Gasteiger charge is 2.34. The molecule has 4 aromatic rings. The Morgan fingerprint density at radius 2 is 2.03 bits per heavy atom. The minimum Gasteiger partial charge on any atom is -0.272 e. The fourth-order valence-electron chi connectivity index (χ4n) is 3.44. The van der Waals surface area contributed by atoms with Crippen molar-refractivity contribution in [1.82, 2.24) is 24.6 Å². The monoisotopic (exact) mass is 454 g/mol. The van der Waals surface area contributed by atoms with E-state index in [0.29, 0.717) is 10.9 Å². The SMILES string of the molecule is Cc1cc(C)n2nc(SCC(=O)N3N=C(c4cccs4)CC3c3cccs3)nc2n1. The molecule has 0 fully saturated rings. The maximum absolute atomic E-state index is 13.1. The van der Waals surface area contributed by atoms with Gasteiger partial charge in [-0.1, -0.05) is 23.9 Å². The molecule has 0 saturated carbocycles. The molecule has 1 atom stereocenters. The number of nitrogens with zero attached hydrogens (tertiary/aromatic N) is 6. The Morgan fingerprint density at radius 1 is 1.20 bits per heavy atom. The van der Waals surface area contributed by atoms with Gasteiger partial charge in [-0.05, 0) is 42.8 Å². The van der Waals surface area contributed by atoms with Gasteiger partial charge in [0.2, 0.25) is 5.16 Å². The van der Waals surface area contributed by atoms with Crippen LogP contribution >= 0.6 is 34.4 Å². The second-order valence-corrected chi connectivity index (χ2v) is 9.80. The Balaban J connectivity index is 1.36. The molecular weight excluding hydrogens is 436 g/mol. The van der Waals surface area contributed by atoms with Crippen LogP contribution in [0.15, 0.2) is 51.3 Å². The van der Waals surface area contributed by atoms with E-state index in [4.69, 9.17) is 5.10 Å². The summed E-state index contributed by atoms with van der Waals surface area (Å²) in [5.41, 5.74) is 2.82. The second-order valence-electron chi connectivity index (χ2n) is 6.93. The molecule has 7 nitrogen and oxygen atoms in total. The zero-order valence-corrected chi connectivity index (χ0v) is 18.8. The Bertz CT molecular complexity index is 1230. The summed E-state index contributed by atoms with van der Waals surface area (Å²) in [6.07, 6.45) is 0.729. The van der Waals surface area contributed by atoms with E-state index in [2.05, 4.69) is 27.2 Å². The van der Waals surface area contributed by atoms with E-state index in [0.717, 1.165) is 33.3 Å². The molecule has 1 aliphatic rings. The molecule has 1 amide bonds. The number of thioether (sulfide) groups is 1. The molecular formula is C20H18N6OS3. The highest BCUT2D eigenvalue weighted by Crippen LogP contribution is 2.36. The van der Waals surface area contributed by atoms with Crippen molar-refractivity contribution in [3.05, 3.63) is 62.2 Å². The minimum atomic E-state index is -0.0595. The Morgan fingerprint density at radius 3 is 2.80 bits per heavy atom. The van der Waals surface area contributed by atoms with Crippen LogP contribution in [0.2, 0.25) is 0 Å². The van der Waals surface area contributed by atoms with Crippen molar-refractivity contribution >= 4 is 51.8 Å². The molecule has 4 aromatic heterocycles. The van der Waals surface area contributed by atoms with Crippen LogP contribution in [0.4, 0.5) is 0 Å². The standard InChI is InChI=1S/C20H18N6OS3/c1-12-9-13(2)25-19(21-12)22-20(24-25)30-11-18(27)26-15(17-6-4-8-29-17)10-14(23-26)16-5-3-7-28-16/h3-9,15H,10-11H2,1-2H3. The number of thiophene rings is 2. The minimum absolute atomic E-state index is 0.0512. The van der Waals surface area contributed by atoms with Crippen LogP contribution in [-0.2, 0) is 4.79 Å². The lowest BCUT2D eigenvalue weighted by Gasteiger charge is -2.20. The van der Waals surface area contributed by atoms with Crippen LogP contribution in [0.3, 0.4) is 0 Å². The van der Waals surface area contributed by atoms with Gasteiger partial charge in [0.05, 0.1) is 22.4 Å². The maximum atomic E-state index is 13.1. The van der Waals surface area contributed by atoms with Crippen LogP contribution in [0, 0.1) is 13.8 Å². The quantitative estimate of drug-likeness (QED) is 0.420. The van der Waals surface area contributed by atoms with Crippen molar-refractivity contribution in [2.75, 3.05) is 5.75 Å². The molecule has 10 heteroatoms. The number of hydrazone groups is 1. The van der Waals surface area contributed by atoms with Crippen molar-refractivity contribution in [1.29, 1.82) is 0 Å². The first-order valence-corrected chi connectivity index (χ1v) is 12.1. The molecule has 0 spiro atoms. The summed E-state index contributed by atoms with van der Waals surface area (Å²) in [4.78, 5) is 24.2. The first-order chi connectivity index (χ1) is 14.6. The van der Waals surface area contributed by atoms with Gasteiger partial charge in [0.25, 0.3) is 11.7 Å². The molecule has 0 N–H and O–H groups in total. The van der Waals surface area contributed by atoms with Gasteiger partial charge < -0.3 is 0 Å². The first kappa shape index (κ1) is 19.4. The summed E-state index contributed by atoms with van der Waals surface area (Å²) in [6.45, 7) is 3.89. The summed E-state index contributed by atoms with van der Waals surface area (Å²) in [5.74, 6) is 0.723. The third-order valence-electron chi connectivity index (χ3n) is 4.77. The Kier molecular flexibility index (Phi) is 5.13. The van der Waals surface area contributed by atoms with Gasteiger partial charge in [-0.25, -0.2) is 14.5 Å². The van der Waals surface area contributed by atoms with Gasteiger partial charge in [-0.2, -0.15) is 10.1 Å². The van der Waals surface area contributed by atoms with Crippen LogP contribution in [-0.4, -0.2) is 42.0 Å². The first-order valence-electron chi connectivity index (χ1n) is 9.39. The number of carbonyl (C=O) groups is 1. The van der Waals surface area contributed by atoms with Gasteiger partial charge in [0.1, 0.15) is 0 Å². The zero-order chi connectivity index (χ0) is 20.7.